The largest absolute Gasteiger partial charge is 0.352 e. The van der Waals surface area contributed by atoms with Crippen LogP contribution in [0.15, 0.2) is 47.4 Å². The molecule has 1 aliphatic carbocycles. The zero-order valence-electron chi connectivity index (χ0n) is 17.3. The average Bonchev–Trinajstić information content (AvgIpc) is 2.73. The van der Waals surface area contributed by atoms with Crippen molar-refractivity contribution in [1.29, 1.82) is 0 Å². The van der Waals surface area contributed by atoms with E-state index in [4.69, 9.17) is 0 Å². The van der Waals surface area contributed by atoms with Gasteiger partial charge >= 0.3 is 0 Å². The molecule has 0 fully saturated rings. The summed E-state index contributed by atoms with van der Waals surface area (Å²) in [7, 11) is -3.45. The third-order valence-electron chi connectivity index (χ3n) is 5.53. The summed E-state index contributed by atoms with van der Waals surface area (Å²) in [5, 5.41) is 2.93. The molecule has 1 N–H and O–H groups in total. The molecule has 3 rings (SSSR count). The van der Waals surface area contributed by atoms with Crippen LogP contribution in [0.2, 0.25) is 0 Å². The van der Waals surface area contributed by atoms with Crippen molar-refractivity contribution in [1.82, 2.24) is 9.62 Å². The molecule has 0 heterocycles. The Balaban J connectivity index is 1.57. The van der Waals surface area contributed by atoms with Crippen LogP contribution in [0.3, 0.4) is 0 Å². The van der Waals surface area contributed by atoms with E-state index in [-0.39, 0.29) is 10.8 Å². The Bertz CT molecular complexity index is 949. The Morgan fingerprint density at radius 1 is 0.931 bits per heavy atom. The molecule has 0 aromatic heterocycles. The maximum Gasteiger partial charge on any atom is 0.243 e. The zero-order valence-corrected chi connectivity index (χ0v) is 18.1. The van der Waals surface area contributed by atoms with Crippen LogP contribution in [0.25, 0.3) is 0 Å². The smallest absolute Gasteiger partial charge is 0.243 e. The normalized spacial score (nSPS) is 13.9. The molecular formula is C23H30N2O3S. The van der Waals surface area contributed by atoms with E-state index in [0.717, 1.165) is 24.0 Å². The first-order chi connectivity index (χ1) is 13.9. The van der Waals surface area contributed by atoms with Crippen molar-refractivity contribution in [3.8, 4) is 0 Å². The monoisotopic (exact) mass is 414 g/mol. The maximum absolute atomic E-state index is 12.5. The van der Waals surface area contributed by atoms with Gasteiger partial charge in [0.2, 0.25) is 15.9 Å². The molecule has 0 atom stereocenters. The van der Waals surface area contributed by atoms with Crippen LogP contribution >= 0.6 is 0 Å². The fraction of sp³-hybridized carbons (Fsp3) is 0.435. The first-order valence-electron chi connectivity index (χ1n) is 10.4. The van der Waals surface area contributed by atoms with Crippen LogP contribution in [0.5, 0.6) is 0 Å². The number of benzene rings is 2. The molecule has 0 aliphatic heterocycles. The van der Waals surface area contributed by atoms with Crippen molar-refractivity contribution < 1.29 is 13.2 Å². The van der Waals surface area contributed by atoms with Crippen molar-refractivity contribution in [2.45, 2.75) is 57.4 Å². The Hall–Kier alpha value is -2.18. The van der Waals surface area contributed by atoms with Gasteiger partial charge in [0.05, 0.1) is 11.3 Å². The van der Waals surface area contributed by atoms with E-state index in [1.807, 2.05) is 13.8 Å². The average molecular weight is 415 g/mol. The highest BCUT2D eigenvalue weighted by Crippen LogP contribution is 2.22. The molecule has 0 spiro atoms. The van der Waals surface area contributed by atoms with Gasteiger partial charge in [0.25, 0.3) is 0 Å². The standard InChI is InChI=1S/C23H30N2O3S/c1-3-25(4-2)29(27,28)22-13-10-18(11-14-22)17-24-23(26)16-19-9-12-20-7-5-6-8-21(20)15-19/h9-15H,3-8,16-17H2,1-2H3,(H,24,26). The summed E-state index contributed by atoms with van der Waals surface area (Å²) < 4.78 is 26.5. The number of carbonyl (C=O) groups excluding carboxylic acids is 1. The van der Waals surface area contributed by atoms with Gasteiger partial charge in [-0.15, -0.1) is 0 Å². The number of aryl methyl sites for hydroxylation is 2. The highest BCUT2D eigenvalue weighted by Gasteiger charge is 2.21. The minimum absolute atomic E-state index is 0.0272. The van der Waals surface area contributed by atoms with Crippen LogP contribution in [0.1, 0.15) is 48.9 Å². The topological polar surface area (TPSA) is 66.5 Å². The van der Waals surface area contributed by atoms with E-state index in [9.17, 15) is 13.2 Å². The third kappa shape index (κ3) is 5.25. The van der Waals surface area contributed by atoms with E-state index in [0.29, 0.717) is 26.1 Å². The number of fused-ring (bicyclic) bond motifs is 1. The molecule has 156 valence electrons. The second-order valence-corrected chi connectivity index (χ2v) is 9.43. The van der Waals surface area contributed by atoms with E-state index >= 15 is 0 Å². The molecule has 0 saturated heterocycles. The van der Waals surface area contributed by atoms with Crippen LogP contribution in [0, 0.1) is 0 Å². The number of nitrogens with one attached hydrogen (secondary N) is 1. The summed E-state index contributed by atoms with van der Waals surface area (Å²) in [5.74, 6) is -0.0272. The Kier molecular flexibility index (Phi) is 7.09. The van der Waals surface area contributed by atoms with Crippen LogP contribution in [-0.2, 0) is 40.6 Å². The van der Waals surface area contributed by atoms with Crippen molar-refractivity contribution >= 4 is 15.9 Å². The summed E-state index contributed by atoms with van der Waals surface area (Å²) in [6.45, 7) is 4.93. The number of sulfonamides is 1. The predicted octanol–water partition coefficient (Wildman–Crippen LogP) is 3.45. The lowest BCUT2D eigenvalue weighted by atomic mass is 9.90. The minimum atomic E-state index is -3.45. The van der Waals surface area contributed by atoms with Gasteiger partial charge in [-0.3, -0.25) is 4.79 Å². The number of hydrogen-bond donors (Lipinski definition) is 1. The van der Waals surface area contributed by atoms with Gasteiger partial charge < -0.3 is 5.32 Å². The molecule has 0 unspecified atom stereocenters. The Labute approximate surface area is 174 Å². The highest BCUT2D eigenvalue weighted by atomic mass is 32.2. The first kappa shape index (κ1) is 21.5. The van der Waals surface area contributed by atoms with Gasteiger partial charge in [0, 0.05) is 19.6 Å². The van der Waals surface area contributed by atoms with Gasteiger partial charge in [-0.25, -0.2) is 8.42 Å². The molecule has 29 heavy (non-hydrogen) atoms. The van der Waals surface area contributed by atoms with E-state index in [1.165, 1.54) is 28.3 Å². The van der Waals surface area contributed by atoms with E-state index in [2.05, 4.69) is 23.5 Å². The second kappa shape index (κ2) is 9.55. The second-order valence-electron chi connectivity index (χ2n) is 7.50. The van der Waals surface area contributed by atoms with Gasteiger partial charge in [-0.05, 0) is 60.1 Å². The van der Waals surface area contributed by atoms with Crippen molar-refractivity contribution in [3.63, 3.8) is 0 Å². The molecule has 1 aliphatic rings. The summed E-state index contributed by atoms with van der Waals surface area (Å²) in [6.07, 6.45) is 5.08. The van der Waals surface area contributed by atoms with Crippen LogP contribution in [0.4, 0.5) is 0 Å². The minimum Gasteiger partial charge on any atom is -0.352 e. The van der Waals surface area contributed by atoms with Crippen molar-refractivity contribution in [2.75, 3.05) is 13.1 Å². The fourth-order valence-electron chi connectivity index (χ4n) is 3.84. The van der Waals surface area contributed by atoms with Gasteiger partial charge in [-0.2, -0.15) is 4.31 Å². The number of hydrogen-bond acceptors (Lipinski definition) is 3. The molecule has 1 amide bonds. The molecule has 6 heteroatoms. The maximum atomic E-state index is 12.5. The molecule has 2 aromatic rings. The van der Waals surface area contributed by atoms with Gasteiger partial charge in [-0.1, -0.05) is 44.2 Å². The number of nitrogens with zero attached hydrogens (tertiary/aromatic N) is 1. The number of rotatable bonds is 8. The quantitative estimate of drug-likeness (QED) is 0.719. The lowest BCUT2D eigenvalue weighted by Crippen LogP contribution is -2.30. The zero-order chi connectivity index (χ0) is 20.9. The molecule has 0 bridgehead atoms. The van der Waals surface area contributed by atoms with E-state index < -0.39 is 10.0 Å². The summed E-state index contributed by atoms with van der Waals surface area (Å²) in [6, 6.07) is 13.1. The van der Waals surface area contributed by atoms with Crippen LogP contribution in [-0.4, -0.2) is 31.7 Å². The fourth-order valence-corrected chi connectivity index (χ4v) is 5.30. The molecular weight excluding hydrogens is 384 g/mol. The Morgan fingerprint density at radius 2 is 1.55 bits per heavy atom. The number of amides is 1. The summed E-state index contributed by atoms with van der Waals surface area (Å²) in [4.78, 5) is 12.6. The lowest BCUT2D eigenvalue weighted by Gasteiger charge is -2.18. The summed E-state index contributed by atoms with van der Waals surface area (Å²) >= 11 is 0. The van der Waals surface area contributed by atoms with Crippen molar-refractivity contribution in [3.05, 3.63) is 64.7 Å². The number of carbonyl (C=O) groups is 1. The van der Waals surface area contributed by atoms with Crippen LogP contribution < -0.4 is 5.32 Å². The predicted molar refractivity (Wildman–Crippen MR) is 115 cm³/mol. The van der Waals surface area contributed by atoms with Gasteiger partial charge in [0.1, 0.15) is 0 Å². The van der Waals surface area contributed by atoms with Gasteiger partial charge in [0.15, 0.2) is 0 Å². The highest BCUT2D eigenvalue weighted by molar-refractivity contribution is 7.89. The molecule has 0 saturated carbocycles. The molecule has 2 aromatic carbocycles. The third-order valence-corrected chi connectivity index (χ3v) is 7.60. The SMILES string of the molecule is CCN(CC)S(=O)(=O)c1ccc(CNC(=O)Cc2ccc3c(c2)CCCC3)cc1. The molecule has 5 nitrogen and oxygen atoms in total. The van der Waals surface area contributed by atoms with E-state index in [1.54, 1.807) is 24.3 Å². The Morgan fingerprint density at radius 3 is 2.21 bits per heavy atom. The molecule has 0 radical (unpaired) electrons. The summed E-state index contributed by atoms with van der Waals surface area (Å²) in [5.41, 5.74) is 4.72. The first-order valence-corrected chi connectivity index (χ1v) is 11.8. The lowest BCUT2D eigenvalue weighted by molar-refractivity contribution is -0.120. The van der Waals surface area contributed by atoms with Crippen molar-refractivity contribution in [2.24, 2.45) is 0 Å².